The van der Waals surface area contributed by atoms with Crippen LogP contribution in [0.5, 0.6) is 0 Å². The van der Waals surface area contributed by atoms with E-state index in [-0.39, 0.29) is 27.3 Å². The summed E-state index contributed by atoms with van der Waals surface area (Å²) in [5.41, 5.74) is 0. The van der Waals surface area contributed by atoms with Gasteiger partial charge in [-0.1, -0.05) is 0 Å². The third kappa shape index (κ3) is 11.4. The Morgan fingerprint density at radius 1 is 1.80 bits per heavy atom. The molecule has 28 valence electrons. The Bertz CT molecular complexity index is 8.85. The Hall–Kier alpha value is 0.882. The molecule has 0 bridgehead atoms. The van der Waals surface area contributed by atoms with Crippen molar-refractivity contribution in [3.8, 4) is 0 Å². The van der Waals surface area contributed by atoms with E-state index in [9.17, 15) is 0 Å². The normalized spacial score (nSPS) is 6.00. The monoisotopic (exact) mass is 173 g/mol. The number of ether oxygens (including phenoxy) is 1. The summed E-state index contributed by atoms with van der Waals surface area (Å²) in [4.78, 5) is 0. The SMILES string of the molecule is [CH2-]OCC.[Cd]. The fourth-order valence-electron chi connectivity index (χ4n) is 0. The van der Waals surface area contributed by atoms with Crippen molar-refractivity contribution in [3.05, 3.63) is 7.11 Å². The van der Waals surface area contributed by atoms with Gasteiger partial charge in [0, 0.05) is 33.9 Å². The Morgan fingerprint density at radius 3 is 2.00 bits per heavy atom. The minimum atomic E-state index is 0. The van der Waals surface area contributed by atoms with Gasteiger partial charge in [0.05, 0.1) is 0 Å². The molecule has 0 heterocycles. The molecular formula is C3H7CdO-. The molecule has 0 aliphatic carbocycles. The van der Waals surface area contributed by atoms with Crippen molar-refractivity contribution >= 4 is 0 Å². The molecule has 0 aromatic rings. The third-order valence-corrected chi connectivity index (χ3v) is 0.204. The summed E-state index contributed by atoms with van der Waals surface area (Å²) < 4.78 is 4.29. The van der Waals surface area contributed by atoms with Crippen molar-refractivity contribution in [2.75, 3.05) is 6.61 Å². The molecule has 0 aromatic carbocycles. The molecule has 0 rings (SSSR count). The molecule has 0 spiro atoms. The summed E-state index contributed by atoms with van der Waals surface area (Å²) in [6, 6.07) is 0. The van der Waals surface area contributed by atoms with E-state index in [1.54, 1.807) is 0 Å². The van der Waals surface area contributed by atoms with Crippen LogP contribution < -0.4 is 0 Å². The van der Waals surface area contributed by atoms with E-state index in [0.717, 1.165) is 0 Å². The van der Waals surface area contributed by atoms with Gasteiger partial charge in [0.15, 0.2) is 0 Å². The Balaban J connectivity index is 0. The van der Waals surface area contributed by atoms with E-state index < -0.39 is 0 Å². The summed E-state index contributed by atoms with van der Waals surface area (Å²) in [5.74, 6) is 0. The van der Waals surface area contributed by atoms with E-state index in [2.05, 4.69) is 11.8 Å². The third-order valence-electron chi connectivity index (χ3n) is 0.204. The molecule has 0 aliphatic rings. The predicted octanol–water partition coefficient (Wildman–Crippen LogP) is 0.812. The van der Waals surface area contributed by atoms with E-state index in [1.165, 1.54) is 0 Å². The second-order valence-electron chi connectivity index (χ2n) is 0.493. The number of hydrogen-bond acceptors (Lipinski definition) is 1. The van der Waals surface area contributed by atoms with Crippen LogP contribution in [0.25, 0.3) is 0 Å². The van der Waals surface area contributed by atoms with Crippen molar-refractivity contribution in [3.63, 3.8) is 0 Å². The molecule has 0 atom stereocenters. The van der Waals surface area contributed by atoms with Gasteiger partial charge in [-0.05, 0) is 6.92 Å². The van der Waals surface area contributed by atoms with Gasteiger partial charge in [-0.15, -0.1) is 0 Å². The Labute approximate surface area is 52.9 Å². The maximum atomic E-state index is 4.29. The van der Waals surface area contributed by atoms with Crippen molar-refractivity contribution in [1.82, 2.24) is 0 Å². The Kier molecular flexibility index (Phi) is 16.5. The van der Waals surface area contributed by atoms with Crippen LogP contribution in [0.4, 0.5) is 0 Å². The maximum absolute atomic E-state index is 4.29. The summed E-state index contributed by atoms with van der Waals surface area (Å²) in [5, 5.41) is 0. The second kappa shape index (κ2) is 8.86. The second-order valence-corrected chi connectivity index (χ2v) is 0.493. The van der Waals surface area contributed by atoms with E-state index in [1.807, 2.05) is 6.92 Å². The van der Waals surface area contributed by atoms with Crippen molar-refractivity contribution in [2.45, 2.75) is 6.92 Å². The molecule has 0 aromatic heterocycles. The van der Waals surface area contributed by atoms with Crippen LogP contribution in [0.1, 0.15) is 6.92 Å². The molecule has 1 nitrogen and oxygen atoms in total. The molecule has 2 heteroatoms. The van der Waals surface area contributed by atoms with Gasteiger partial charge in [-0.2, -0.15) is 0 Å². The van der Waals surface area contributed by atoms with Crippen molar-refractivity contribution in [1.29, 1.82) is 0 Å². The first kappa shape index (κ1) is 9.30. The van der Waals surface area contributed by atoms with E-state index >= 15 is 0 Å². The molecule has 0 amide bonds. The van der Waals surface area contributed by atoms with Crippen LogP contribution in [0.15, 0.2) is 0 Å². The van der Waals surface area contributed by atoms with Crippen LogP contribution in [-0.2, 0) is 32.0 Å². The molecule has 0 unspecified atom stereocenters. The molecule has 0 fully saturated rings. The quantitative estimate of drug-likeness (QED) is 0.419. The van der Waals surface area contributed by atoms with Crippen LogP contribution >= 0.6 is 0 Å². The molecule has 5 heavy (non-hydrogen) atoms. The predicted molar refractivity (Wildman–Crippen MR) is 17.0 cm³/mol. The molecule has 0 N–H and O–H groups in total. The first-order chi connectivity index (χ1) is 1.91. The number of rotatable bonds is 1. The topological polar surface area (TPSA) is 9.23 Å². The van der Waals surface area contributed by atoms with Gasteiger partial charge >= 0.3 is 0 Å². The van der Waals surface area contributed by atoms with Crippen LogP contribution in [0.3, 0.4) is 0 Å². The minimum absolute atomic E-state index is 0. The van der Waals surface area contributed by atoms with Gasteiger partial charge in [0.1, 0.15) is 0 Å². The van der Waals surface area contributed by atoms with Crippen LogP contribution in [0.2, 0.25) is 0 Å². The maximum Gasteiger partial charge on any atom is 0.00804 e. The molecule has 0 saturated heterocycles. The standard InChI is InChI=1S/C3H7O.Cd/c1-3-4-2;/h2-3H2,1H3;/q-1;. The van der Waals surface area contributed by atoms with Gasteiger partial charge in [0.25, 0.3) is 0 Å². The zero-order valence-electron chi connectivity index (χ0n) is 3.53. The fourth-order valence-corrected chi connectivity index (χ4v) is 0. The van der Waals surface area contributed by atoms with Gasteiger partial charge in [-0.3, -0.25) is 0 Å². The summed E-state index contributed by atoms with van der Waals surface area (Å²) in [6.07, 6.45) is 0. The van der Waals surface area contributed by atoms with Crippen LogP contribution in [0, 0.1) is 7.11 Å². The van der Waals surface area contributed by atoms with Gasteiger partial charge < -0.3 is 4.74 Å². The Morgan fingerprint density at radius 2 is 2.00 bits per heavy atom. The minimum Gasteiger partial charge on any atom is -0.555 e. The summed E-state index contributed by atoms with van der Waals surface area (Å²) in [6.45, 7) is 2.60. The zero-order chi connectivity index (χ0) is 3.41. The first-order valence-corrected chi connectivity index (χ1v) is 1.28. The average molecular weight is 172 g/mol. The molecule has 0 aliphatic heterocycles. The average Bonchev–Trinajstić information content (AvgIpc) is 1.37. The van der Waals surface area contributed by atoms with Crippen LogP contribution in [-0.4, -0.2) is 6.61 Å². The molecule has 0 radical (unpaired) electrons. The summed E-state index contributed by atoms with van der Waals surface area (Å²) in [7, 11) is 3.10. The van der Waals surface area contributed by atoms with E-state index in [4.69, 9.17) is 0 Å². The number of hydrogen-bond donors (Lipinski definition) is 0. The van der Waals surface area contributed by atoms with Gasteiger partial charge in [0.2, 0.25) is 0 Å². The smallest absolute Gasteiger partial charge is 0.00804 e. The summed E-state index contributed by atoms with van der Waals surface area (Å²) >= 11 is 0. The van der Waals surface area contributed by atoms with E-state index in [0.29, 0.717) is 6.61 Å². The van der Waals surface area contributed by atoms with Gasteiger partial charge in [-0.25, -0.2) is 7.11 Å². The zero-order valence-corrected chi connectivity index (χ0v) is 7.57. The molecular weight excluding hydrogens is 164 g/mol. The van der Waals surface area contributed by atoms with Crippen molar-refractivity contribution in [2.24, 2.45) is 0 Å². The van der Waals surface area contributed by atoms with Crippen molar-refractivity contribution < 1.29 is 32.0 Å². The molecule has 0 saturated carbocycles. The first-order valence-electron chi connectivity index (χ1n) is 1.28. The largest absolute Gasteiger partial charge is 0.555 e. The fraction of sp³-hybridized carbons (Fsp3) is 0.667.